The third-order valence-electron chi connectivity index (χ3n) is 10.3. The van der Waals surface area contributed by atoms with Crippen molar-refractivity contribution >= 4 is 19.8 Å². The SMILES string of the molecule is CC/C=C\C/C=C\C/C=C\C/C=C\CCCCCCCCCCC(=O)OC(COC(=O)CCCCCCCCCCC/C=C\C/C=C\CCCCC)COP(=O)(O)OCC(O)CO. The van der Waals surface area contributed by atoms with Gasteiger partial charge in [0.1, 0.15) is 12.7 Å². The molecule has 10 nitrogen and oxygen atoms in total. The van der Waals surface area contributed by atoms with Crippen LogP contribution in [0.5, 0.6) is 0 Å². The molecule has 0 aliphatic heterocycles. The van der Waals surface area contributed by atoms with Crippen LogP contribution in [0.1, 0.15) is 206 Å². The third-order valence-corrected chi connectivity index (χ3v) is 11.3. The number of phosphoric acid groups is 1. The third kappa shape index (κ3) is 47.2. The van der Waals surface area contributed by atoms with Crippen LogP contribution < -0.4 is 0 Å². The van der Waals surface area contributed by atoms with Crippen LogP contribution in [-0.4, -0.2) is 65.7 Å². The van der Waals surface area contributed by atoms with E-state index in [1.807, 2.05) is 0 Å². The highest BCUT2D eigenvalue weighted by Crippen LogP contribution is 2.43. The van der Waals surface area contributed by atoms with Crippen LogP contribution in [0.2, 0.25) is 0 Å². The number of phosphoric ester groups is 1. The van der Waals surface area contributed by atoms with Gasteiger partial charge in [0.15, 0.2) is 6.10 Å². The molecule has 0 aromatic carbocycles. The van der Waals surface area contributed by atoms with Gasteiger partial charge in [0.05, 0.1) is 19.8 Å². The molecule has 0 aromatic heterocycles. The Morgan fingerprint density at radius 1 is 0.492 bits per heavy atom. The van der Waals surface area contributed by atoms with Crippen LogP contribution in [0.4, 0.5) is 0 Å². The molecule has 0 saturated carbocycles. The van der Waals surface area contributed by atoms with E-state index in [0.29, 0.717) is 12.8 Å². The number of carbonyl (C=O) groups excluding carboxylic acids is 2. The number of hydrogen-bond acceptors (Lipinski definition) is 9. The predicted molar refractivity (Wildman–Crippen MR) is 260 cm³/mol. The fourth-order valence-electron chi connectivity index (χ4n) is 6.54. The first-order chi connectivity index (χ1) is 30.7. The molecule has 0 aliphatic carbocycles. The maximum absolute atomic E-state index is 12.7. The summed E-state index contributed by atoms with van der Waals surface area (Å²) in [4.78, 5) is 35.2. The summed E-state index contributed by atoms with van der Waals surface area (Å²) in [5, 5.41) is 18.4. The minimum atomic E-state index is -4.63. The van der Waals surface area contributed by atoms with Crippen molar-refractivity contribution in [1.29, 1.82) is 0 Å². The first-order valence-electron chi connectivity index (χ1n) is 24.9. The lowest BCUT2D eigenvalue weighted by Crippen LogP contribution is -2.29. The van der Waals surface area contributed by atoms with E-state index in [1.54, 1.807) is 0 Å². The van der Waals surface area contributed by atoms with Crippen molar-refractivity contribution in [3.63, 3.8) is 0 Å². The van der Waals surface area contributed by atoms with E-state index < -0.39 is 51.8 Å². The maximum atomic E-state index is 12.7. The van der Waals surface area contributed by atoms with Gasteiger partial charge in [-0.05, 0) is 83.5 Å². The maximum Gasteiger partial charge on any atom is 0.472 e. The fourth-order valence-corrected chi connectivity index (χ4v) is 7.33. The normalized spacial score (nSPS) is 14.3. The van der Waals surface area contributed by atoms with E-state index >= 15 is 0 Å². The van der Waals surface area contributed by atoms with Crippen LogP contribution in [-0.2, 0) is 32.7 Å². The summed E-state index contributed by atoms with van der Waals surface area (Å²) >= 11 is 0. The summed E-state index contributed by atoms with van der Waals surface area (Å²) in [5.41, 5.74) is 0. The summed E-state index contributed by atoms with van der Waals surface area (Å²) in [6.07, 6.45) is 55.7. The van der Waals surface area contributed by atoms with Crippen LogP contribution in [0.15, 0.2) is 72.9 Å². The van der Waals surface area contributed by atoms with Crippen molar-refractivity contribution in [2.45, 2.75) is 219 Å². The van der Waals surface area contributed by atoms with Gasteiger partial charge in [0, 0.05) is 12.8 Å². The number of aliphatic hydroxyl groups excluding tert-OH is 2. The molecule has 3 N–H and O–H groups in total. The quantitative estimate of drug-likeness (QED) is 0.0233. The second-order valence-corrected chi connectivity index (χ2v) is 17.9. The van der Waals surface area contributed by atoms with E-state index in [2.05, 4.69) is 86.8 Å². The molecule has 0 aliphatic rings. The number of carbonyl (C=O) groups is 2. The van der Waals surface area contributed by atoms with E-state index in [-0.39, 0.29) is 19.4 Å². The highest BCUT2D eigenvalue weighted by Gasteiger charge is 2.27. The first kappa shape index (κ1) is 60.4. The molecule has 0 radical (unpaired) electrons. The molecule has 0 spiro atoms. The van der Waals surface area contributed by atoms with Gasteiger partial charge in [-0.3, -0.25) is 18.6 Å². The van der Waals surface area contributed by atoms with E-state index in [1.165, 1.54) is 83.5 Å². The molecule has 3 unspecified atom stereocenters. The predicted octanol–water partition coefficient (Wildman–Crippen LogP) is 14.0. The summed E-state index contributed by atoms with van der Waals surface area (Å²) in [7, 11) is -4.63. The monoisotopic (exact) mass is 907 g/mol. The Morgan fingerprint density at radius 2 is 0.873 bits per heavy atom. The molecular formula is C52H91O10P. The zero-order valence-electron chi connectivity index (χ0n) is 39.8. The number of aliphatic hydroxyl groups is 2. The Morgan fingerprint density at radius 3 is 1.32 bits per heavy atom. The van der Waals surface area contributed by atoms with Crippen molar-refractivity contribution in [3.05, 3.63) is 72.9 Å². The average Bonchev–Trinajstić information content (AvgIpc) is 3.27. The number of unbranched alkanes of at least 4 members (excludes halogenated alkanes) is 20. The summed E-state index contributed by atoms with van der Waals surface area (Å²) in [5.74, 6) is -0.939. The van der Waals surface area contributed by atoms with E-state index in [0.717, 1.165) is 83.5 Å². The minimum absolute atomic E-state index is 0.171. The van der Waals surface area contributed by atoms with Gasteiger partial charge >= 0.3 is 19.8 Å². The first-order valence-corrected chi connectivity index (χ1v) is 26.4. The summed E-state index contributed by atoms with van der Waals surface area (Å²) in [6, 6.07) is 0. The van der Waals surface area contributed by atoms with Gasteiger partial charge in [0.25, 0.3) is 0 Å². The summed E-state index contributed by atoms with van der Waals surface area (Å²) in [6.45, 7) is 2.24. The number of esters is 2. The Kier molecular flexibility index (Phi) is 45.4. The van der Waals surface area contributed by atoms with Gasteiger partial charge < -0.3 is 24.6 Å². The van der Waals surface area contributed by atoms with Crippen molar-refractivity contribution in [1.82, 2.24) is 0 Å². The lowest BCUT2D eigenvalue weighted by Gasteiger charge is -2.20. The summed E-state index contributed by atoms with van der Waals surface area (Å²) < 4.78 is 32.9. The van der Waals surface area contributed by atoms with Crippen molar-refractivity contribution in [3.8, 4) is 0 Å². The standard InChI is InChI=1S/C52H91O10P/c1-3-5-7-9-11-13-15-17-19-21-23-24-26-28-30-32-34-36-38-40-42-44-52(56)62-50(48-61-63(57,58)60-46-49(54)45-53)47-59-51(55)43-41-39-37-35-33-31-29-27-25-22-20-18-16-14-12-10-8-6-4-2/h5,7,11-14,17-20,23-24,49-50,53-54H,3-4,6,8-10,15-16,21-22,25-48H2,1-2H3,(H,57,58)/b7-5-,13-11-,14-12-,19-17-,20-18-,24-23-. The molecule has 0 amide bonds. The van der Waals surface area contributed by atoms with Crippen molar-refractivity contribution < 1.29 is 47.8 Å². The Labute approximate surface area is 384 Å². The van der Waals surface area contributed by atoms with Gasteiger partial charge in [-0.2, -0.15) is 0 Å². The second-order valence-electron chi connectivity index (χ2n) is 16.5. The molecule has 0 fully saturated rings. The zero-order valence-corrected chi connectivity index (χ0v) is 40.7. The van der Waals surface area contributed by atoms with Crippen LogP contribution >= 0.6 is 7.82 Å². The molecule has 0 rings (SSSR count). The minimum Gasteiger partial charge on any atom is -0.462 e. The molecule has 3 atom stereocenters. The smallest absolute Gasteiger partial charge is 0.462 e. The highest BCUT2D eigenvalue weighted by atomic mass is 31.2. The van der Waals surface area contributed by atoms with Gasteiger partial charge in [-0.1, -0.05) is 183 Å². The zero-order chi connectivity index (χ0) is 46.2. The molecule has 0 aromatic rings. The Balaban J connectivity index is 4.23. The number of rotatable bonds is 46. The Hall–Kier alpha value is -2.59. The number of allylic oxidation sites excluding steroid dienone is 12. The lowest BCUT2D eigenvalue weighted by molar-refractivity contribution is -0.161. The van der Waals surface area contributed by atoms with Crippen LogP contribution in [0, 0.1) is 0 Å². The van der Waals surface area contributed by atoms with Crippen LogP contribution in [0.3, 0.4) is 0 Å². The molecule has 0 saturated heterocycles. The number of ether oxygens (including phenoxy) is 2. The molecule has 364 valence electrons. The van der Waals surface area contributed by atoms with Crippen molar-refractivity contribution in [2.75, 3.05) is 26.4 Å². The van der Waals surface area contributed by atoms with E-state index in [9.17, 15) is 24.2 Å². The fraction of sp³-hybridized carbons (Fsp3) is 0.731. The lowest BCUT2D eigenvalue weighted by atomic mass is 10.1. The van der Waals surface area contributed by atoms with Crippen LogP contribution in [0.25, 0.3) is 0 Å². The molecule has 0 bridgehead atoms. The average molecular weight is 907 g/mol. The van der Waals surface area contributed by atoms with Crippen molar-refractivity contribution in [2.24, 2.45) is 0 Å². The van der Waals surface area contributed by atoms with E-state index in [4.69, 9.17) is 23.6 Å². The molecular weight excluding hydrogens is 816 g/mol. The van der Waals surface area contributed by atoms with Gasteiger partial charge in [-0.25, -0.2) is 4.57 Å². The van der Waals surface area contributed by atoms with Gasteiger partial charge in [-0.15, -0.1) is 0 Å². The molecule has 11 heteroatoms. The molecule has 0 heterocycles. The topological polar surface area (TPSA) is 149 Å². The van der Waals surface area contributed by atoms with Gasteiger partial charge in [0.2, 0.25) is 0 Å². The number of hydrogen-bond donors (Lipinski definition) is 3. The largest absolute Gasteiger partial charge is 0.472 e. The Bertz CT molecular complexity index is 1270. The second kappa shape index (κ2) is 47.4. The highest BCUT2D eigenvalue weighted by molar-refractivity contribution is 7.47. The molecule has 63 heavy (non-hydrogen) atoms.